The van der Waals surface area contributed by atoms with E-state index in [0.29, 0.717) is 35.2 Å². The van der Waals surface area contributed by atoms with Gasteiger partial charge in [-0.2, -0.15) is 4.98 Å². The van der Waals surface area contributed by atoms with E-state index in [1.807, 2.05) is 13.8 Å². The number of nitrogens with two attached hydrogens (primary N) is 1. The van der Waals surface area contributed by atoms with Gasteiger partial charge in [-0.3, -0.25) is 4.79 Å². The number of ether oxygens (including phenoxy) is 2. The zero-order valence-electron chi connectivity index (χ0n) is 14.9. The van der Waals surface area contributed by atoms with E-state index in [-0.39, 0.29) is 18.3 Å². The summed E-state index contributed by atoms with van der Waals surface area (Å²) in [5, 5.41) is 13.2. The summed E-state index contributed by atoms with van der Waals surface area (Å²) in [6.45, 7) is 3.92. The molecule has 0 unspecified atom stereocenters. The first-order chi connectivity index (χ1) is 11.9. The summed E-state index contributed by atoms with van der Waals surface area (Å²) in [6, 6.07) is 3.42. The summed E-state index contributed by atoms with van der Waals surface area (Å²) in [4.78, 5) is 20.3. The Morgan fingerprint density at radius 2 is 1.80 bits per heavy atom. The van der Waals surface area contributed by atoms with Crippen LogP contribution in [-0.4, -0.2) is 41.8 Å². The molecule has 1 aromatic heterocycles. The van der Waals surface area contributed by atoms with Gasteiger partial charge in [0.1, 0.15) is 5.82 Å². The van der Waals surface area contributed by atoms with Crippen molar-refractivity contribution in [1.82, 2.24) is 9.97 Å². The average Bonchev–Trinajstić information content (AvgIpc) is 2.61. The zero-order valence-corrected chi connectivity index (χ0v) is 14.9. The number of methoxy groups -OCH3 is 2. The normalized spacial score (nSPS) is 11.4. The van der Waals surface area contributed by atoms with Crippen molar-refractivity contribution in [3.05, 3.63) is 12.1 Å². The van der Waals surface area contributed by atoms with Gasteiger partial charge >= 0.3 is 5.97 Å². The molecule has 0 bridgehead atoms. The molecule has 8 nitrogen and oxygen atoms in total. The van der Waals surface area contributed by atoms with Crippen LogP contribution >= 0.6 is 0 Å². The fourth-order valence-electron chi connectivity index (χ4n) is 2.68. The third-order valence-corrected chi connectivity index (χ3v) is 4.62. The highest BCUT2D eigenvalue weighted by Crippen LogP contribution is 2.34. The van der Waals surface area contributed by atoms with Gasteiger partial charge in [0.2, 0.25) is 5.95 Å². The molecule has 0 atom stereocenters. The molecule has 0 fully saturated rings. The van der Waals surface area contributed by atoms with Crippen LogP contribution in [0.5, 0.6) is 11.5 Å². The minimum Gasteiger partial charge on any atom is -0.493 e. The van der Waals surface area contributed by atoms with Crippen molar-refractivity contribution in [3.8, 4) is 11.5 Å². The highest BCUT2D eigenvalue weighted by molar-refractivity contribution is 5.91. The molecule has 25 heavy (non-hydrogen) atoms. The van der Waals surface area contributed by atoms with Gasteiger partial charge in [0.25, 0.3) is 0 Å². The van der Waals surface area contributed by atoms with E-state index in [4.69, 9.17) is 15.2 Å². The minimum absolute atomic E-state index is 0.216. The van der Waals surface area contributed by atoms with Crippen LogP contribution in [0.25, 0.3) is 10.9 Å². The van der Waals surface area contributed by atoms with Crippen LogP contribution in [-0.2, 0) is 4.79 Å². The second-order valence-corrected chi connectivity index (χ2v) is 5.80. The summed E-state index contributed by atoms with van der Waals surface area (Å²) in [6.07, 6.45) is 1.000. The standard InChI is InChI=1S/C17H24N4O4/c1-5-17(6-2,15(22)23)9-19-16-20-11-8-13(25-4)12(24-3)7-10(11)14(18)21-16/h7-8H,5-6,9H2,1-4H3,(H,22,23)(H3,18,19,20,21). The number of carbonyl (C=O) groups is 1. The Labute approximate surface area is 146 Å². The van der Waals surface area contributed by atoms with E-state index >= 15 is 0 Å². The molecule has 4 N–H and O–H groups in total. The predicted molar refractivity (Wildman–Crippen MR) is 96.2 cm³/mol. The van der Waals surface area contributed by atoms with E-state index in [1.54, 1.807) is 12.1 Å². The van der Waals surface area contributed by atoms with Gasteiger partial charge in [0.15, 0.2) is 11.5 Å². The molecule has 0 radical (unpaired) electrons. The number of hydrogen-bond donors (Lipinski definition) is 3. The average molecular weight is 348 g/mol. The Balaban J connectivity index is 2.38. The number of benzene rings is 1. The van der Waals surface area contributed by atoms with Gasteiger partial charge in [0.05, 0.1) is 25.2 Å². The van der Waals surface area contributed by atoms with E-state index in [0.717, 1.165) is 0 Å². The number of anilines is 2. The van der Waals surface area contributed by atoms with Crippen LogP contribution in [0.2, 0.25) is 0 Å². The van der Waals surface area contributed by atoms with Crippen LogP contribution in [0.15, 0.2) is 12.1 Å². The van der Waals surface area contributed by atoms with Crippen LogP contribution in [0.3, 0.4) is 0 Å². The Morgan fingerprint density at radius 1 is 1.20 bits per heavy atom. The first-order valence-corrected chi connectivity index (χ1v) is 8.07. The molecular weight excluding hydrogens is 324 g/mol. The largest absolute Gasteiger partial charge is 0.493 e. The molecule has 136 valence electrons. The first kappa shape index (κ1) is 18.6. The van der Waals surface area contributed by atoms with Gasteiger partial charge in [-0.05, 0) is 18.9 Å². The van der Waals surface area contributed by atoms with Crippen LogP contribution in [0.4, 0.5) is 11.8 Å². The lowest BCUT2D eigenvalue weighted by molar-refractivity contribution is -0.148. The van der Waals surface area contributed by atoms with Crippen molar-refractivity contribution in [1.29, 1.82) is 0 Å². The maximum atomic E-state index is 11.6. The number of hydrogen-bond acceptors (Lipinski definition) is 7. The SMILES string of the molecule is CCC(CC)(CNc1nc(N)c2cc(OC)c(OC)cc2n1)C(=O)O. The molecule has 0 spiro atoms. The van der Waals surface area contributed by atoms with Crippen LogP contribution < -0.4 is 20.5 Å². The highest BCUT2D eigenvalue weighted by atomic mass is 16.5. The van der Waals surface area contributed by atoms with Crippen molar-refractivity contribution >= 4 is 28.6 Å². The number of rotatable bonds is 8. The third kappa shape index (κ3) is 3.52. The summed E-state index contributed by atoms with van der Waals surface area (Å²) in [7, 11) is 3.08. The molecule has 0 saturated carbocycles. The third-order valence-electron chi connectivity index (χ3n) is 4.62. The second-order valence-electron chi connectivity index (χ2n) is 5.80. The van der Waals surface area contributed by atoms with Crippen molar-refractivity contribution in [2.75, 3.05) is 31.8 Å². The fourth-order valence-corrected chi connectivity index (χ4v) is 2.68. The van der Waals surface area contributed by atoms with Crippen molar-refractivity contribution in [3.63, 3.8) is 0 Å². The maximum absolute atomic E-state index is 11.6. The molecule has 1 aromatic carbocycles. The number of aromatic nitrogens is 2. The van der Waals surface area contributed by atoms with Crippen LogP contribution in [0, 0.1) is 5.41 Å². The molecule has 2 rings (SSSR count). The number of nitrogens with one attached hydrogen (secondary N) is 1. The van der Waals surface area contributed by atoms with Crippen molar-refractivity contribution in [2.24, 2.45) is 5.41 Å². The van der Waals surface area contributed by atoms with Gasteiger partial charge < -0.3 is 25.6 Å². The monoisotopic (exact) mass is 348 g/mol. The lowest BCUT2D eigenvalue weighted by atomic mass is 9.82. The number of nitrogens with zero attached hydrogens (tertiary/aromatic N) is 2. The minimum atomic E-state index is -0.870. The summed E-state index contributed by atoms with van der Waals surface area (Å²) in [5.74, 6) is 0.784. The summed E-state index contributed by atoms with van der Waals surface area (Å²) < 4.78 is 10.5. The van der Waals surface area contributed by atoms with E-state index in [9.17, 15) is 9.90 Å². The number of carboxylic acids is 1. The highest BCUT2D eigenvalue weighted by Gasteiger charge is 2.34. The van der Waals surface area contributed by atoms with Gasteiger partial charge in [0, 0.05) is 18.0 Å². The molecule has 8 heteroatoms. The molecule has 2 aromatic rings. The van der Waals surface area contributed by atoms with Crippen molar-refractivity contribution in [2.45, 2.75) is 26.7 Å². The second kappa shape index (κ2) is 7.42. The number of nitrogen functional groups attached to an aromatic ring is 1. The number of carboxylic acid groups (broad SMARTS) is 1. The molecule has 0 amide bonds. The molecule has 0 aliphatic rings. The summed E-state index contributed by atoms with van der Waals surface area (Å²) >= 11 is 0. The van der Waals surface area contributed by atoms with Crippen molar-refractivity contribution < 1.29 is 19.4 Å². The summed E-state index contributed by atoms with van der Waals surface area (Å²) in [5.41, 5.74) is 5.75. The Hall–Kier alpha value is -2.77. The molecular formula is C17H24N4O4. The zero-order chi connectivity index (χ0) is 18.6. The molecule has 0 saturated heterocycles. The lowest BCUT2D eigenvalue weighted by Crippen LogP contribution is -2.37. The topological polar surface area (TPSA) is 120 Å². The Morgan fingerprint density at radius 3 is 2.32 bits per heavy atom. The number of aliphatic carboxylic acids is 1. The first-order valence-electron chi connectivity index (χ1n) is 8.07. The predicted octanol–water partition coefficient (Wildman–Crippen LogP) is 2.53. The van der Waals surface area contributed by atoms with E-state index < -0.39 is 11.4 Å². The maximum Gasteiger partial charge on any atom is 0.311 e. The van der Waals surface area contributed by atoms with E-state index in [2.05, 4.69) is 15.3 Å². The van der Waals surface area contributed by atoms with Gasteiger partial charge in [-0.1, -0.05) is 13.8 Å². The fraction of sp³-hybridized carbons (Fsp3) is 0.471. The Bertz CT molecular complexity index is 775. The molecule has 1 heterocycles. The quantitative estimate of drug-likeness (QED) is 0.666. The smallest absolute Gasteiger partial charge is 0.311 e. The molecule has 0 aliphatic heterocycles. The lowest BCUT2D eigenvalue weighted by Gasteiger charge is -2.26. The van der Waals surface area contributed by atoms with Crippen LogP contribution in [0.1, 0.15) is 26.7 Å². The van der Waals surface area contributed by atoms with Gasteiger partial charge in [-0.15, -0.1) is 0 Å². The number of fused-ring (bicyclic) bond motifs is 1. The molecule has 0 aliphatic carbocycles. The Kier molecular flexibility index (Phi) is 5.51. The van der Waals surface area contributed by atoms with E-state index in [1.165, 1.54) is 14.2 Å². The van der Waals surface area contributed by atoms with Gasteiger partial charge in [-0.25, -0.2) is 4.98 Å².